The predicted octanol–water partition coefficient (Wildman–Crippen LogP) is 4.12. The lowest BCUT2D eigenvalue weighted by molar-refractivity contribution is -0.120. The van der Waals surface area contributed by atoms with Crippen LogP contribution in [0.4, 0.5) is 5.00 Å². The van der Waals surface area contributed by atoms with Crippen LogP contribution in [0, 0.1) is 11.3 Å². The minimum Gasteiger partial charge on any atom is -0.486 e. The Balaban J connectivity index is 1.43. The van der Waals surface area contributed by atoms with Gasteiger partial charge in [0.1, 0.15) is 24.3 Å². The Kier molecular flexibility index (Phi) is 6.26. The molecule has 0 radical (unpaired) electrons. The first-order chi connectivity index (χ1) is 14.6. The number of hydrogen-bond donors (Lipinski definition) is 1. The quantitative estimate of drug-likeness (QED) is 0.730. The molecular formula is C23H27N3O3S. The van der Waals surface area contributed by atoms with Gasteiger partial charge in [-0.15, -0.1) is 11.3 Å². The molecule has 2 aliphatic rings. The molecule has 158 valence electrons. The maximum absolute atomic E-state index is 12.9. The fourth-order valence-corrected chi connectivity index (χ4v) is 5.22. The second-order valence-corrected chi connectivity index (χ2v) is 9.04. The van der Waals surface area contributed by atoms with Gasteiger partial charge in [0.25, 0.3) is 0 Å². The number of rotatable bonds is 5. The summed E-state index contributed by atoms with van der Waals surface area (Å²) in [7, 11) is 1.93. The van der Waals surface area contributed by atoms with Gasteiger partial charge in [0.2, 0.25) is 5.91 Å². The van der Waals surface area contributed by atoms with Crippen LogP contribution < -0.4 is 14.8 Å². The predicted molar refractivity (Wildman–Crippen MR) is 117 cm³/mol. The summed E-state index contributed by atoms with van der Waals surface area (Å²) in [5, 5.41) is 13.4. The number of amides is 1. The number of nitriles is 1. The number of ether oxygens (including phenoxy) is 2. The van der Waals surface area contributed by atoms with E-state index in [1.807, 2.05) is 37.1 Å². The summed E-state index contributed by atoms with van der Waals surface area (Å²) in [6.45, 7) is 3.62. The summed E-state index contributed by atoms with van der Waals surface area (Å²) in [6.07, 6.45) is 5.41. The van der Waals surface area contributed by atoms with Crippen LogP contribution in [0.1, 0.15) is 47.8 Å². The van der Waals surface area contributed by atoms with Crippen molar-refractivity contribution in [2.45, 2.75) is 51.6 Å². The minimum atomic E-state index is -0.341. The number of thiophene rings is 1. The van der Waals surface area contributed by atoms with Crippen molar-refractivity contribution in [3.63, 3.8) is 0 Å². The lowest BCUT2D eigenvalue weighted by atomic mass is 10.1. The Hall–Kier alpha value is -2.56. The van der Waals surface area contributed by atoms with Gasteiger partial charge in [0, 0.05) is 11.4 Å². The Morgan fingerprint density at radius 2 is 2.00 bits per heavy atom. The fourth-order valence-electron chi connectivity index (χ4n) is 3.98. The van der Waals surface area contributed by atoms with E-state index in [4.69, 9.17) is 9.47 Å². The number of carbonyl (C=O) groups excluding carboxylic acids is 1. The molecule has 1 aromatic heterocycles. The Morgan fingerprint density at radius 1 is 1.23 bits per heavy atom. The van der Waals surface area contributed by atoms with Gasteiger partial charge in [-0.2, -0.15) is 5.26 Å². The van der Waals surface area contributed by atoms with Crippen LogP contribution in [0.2, 0.25) is 0 Å². The summed E-state index contributed by atoms with van der Waals surface area (Å²) >= 11 is 1.57. The maximum atomic E-state index is 12.9. The number of likely N-dealkylation sites (N-methyl/N-ethyl adjacent to an activating group) is 1. The molecule has 4 rings (SSSR count). The normalized spacial score (nSPS) is 16.3. The Bertz CT molecular complexity index is 979. The summed E-state index contributed by atoms with van der Waals surface area (Å²) in [5.41, 5.74) is 2.86. The lowest BCUT2D eigenvalue weighted by Crippen LogP contribution is -2.39. The van der Waals surface area contributed by atoms with E-state index in [-0.39, 0.29) is 11.9 Å². The largest absolute Gasteiger partial charge is 0.486 e. The van der Waals surface area contributed by atoms with Gasteiger partial charge >= 0.3 is 0 Å². The van der Waals surface area contributed by atoms with Crippen molar-refractivity contribution >= 4 is 22.2 Å². The second kappa shape index (κ2) is 9.07. The highest BCUT2D eigenvalue weighted by atomic mass is 32.1. The average Bonchev–Trinajstić information content (AvgIpc) is 2.91. The Labute approximate surface area is 181 Å². The van der Waals surface area contributed by atoms with Crippen molar-refractivity contribution < 1.29 is 14.3 Å². The number of nitrogens with zero attached hydrogens (tertiary/aromatic N) is 2. The highest BCUT2D eigenvalue weighted by Gasteiger charge is 2.24. The maximum Gasteiger partial charge on any atom is 0.242 e. The van der Waals surface area contributed by atoms with Gasteiger partial charge in [0.05, 0.1) is 11.6 Å². The van der Waals surface area contributed by atoms with Crippen LogP contribution in [0.3, 0.4) is 0 Å². The number of hydrogen-bond acceptors (Lipinski definition) is 6. The molecule has 30 heavy (non-hydrogen) atoms. The number of aryl methyl sites for hydroxylation is 1. The number of nitrogens with one attached hydrogen (secondary N) is 1. The number of benzene rings is 1. The van der Waals surface area contributed by atoms with Gasteiger partial charge in [-0.3, -0.25) is 9.69 Å². The smallest absolute Gasteiger partial charge is 0.242 e. The van der Waals surface area contributed by atoms with Crippen LogP contribution in [-0.4, -0.2) is 37.1 Å². The first-order valence-electron chi connectivity index (χ1n) is 10.5. The van der Waals surface area contributed by atoms with E-state index in [1.54, 1.807) is 11.3 Å². The molecule has 0 fully saturated rings. The van der Waals surface area contributed by atoms with Crippen LogP contribution >= 0.6 is 11.3 Å². The molecule has 6 nitrogen and oxygen atoms in total. The fraction of sp³-hybridized carbons (Fsp3) is 0.478. The first-order valence-corrected chi connectivity index (χ1v) is 11.3. The summed E-state index contributed by atoms with van der Waals surface area (Å²) in [6, 6.07) is 7.88. The molecule has 1 aromatic carbocycles. The molecule has 0 saturated heterocycles. The third kappa shape index (κ3) is 4.30. The third-order valence-electron chi connectivity index (χ3n) is 5.85. The van der Waals surface area contributed by atoms with Crippen molar-refractivity contribution in [1.29, 1.82) is 5.26 Å². The van der Waals surface area contributed by atoms with E-state index >= 15 is 0 Å². The third-order valence-corrected chi connectivity index (χ3v) is 7.06. The zero-order valence-corrected chi connectivity index (χ0v) is 18.3. The molecule has 0 saturated carbocycles. The average molecular weight is 426 g/mol. The SMILES string of the molecule is CC(C(=O)Nc1sc2c(c1C#N)CCCCC2)N(C)Cc1ccc2c(c1)OCCO2. The van der Waals surface area contributed by atoms with Crippen LogP contribution in [0.5, 0.6) is 11.5 Å². The highest BCUT2D eigenvalue weighted by molar-refractivity contribution is 7.16. The van der Waals surface area contributed by atoms with Gasteiger partial charge in [-0.25, -0.2) is 0 Å². The zero-order valence-electron chi connectivity index (χ0n) is 17.5. The molecule has 1 amide bonds. The molecule has 2 heterocycles. The Morgan fingerprint density at radius 3 is 2.80 bits per heavy atom. The number of anilines is 1. The van der Waals surface area contributed by atoms with E-state index in [2.05, 4.69) is 11.4 Å². The van der Waals surface area contributed by atoms with E-state index in [9.17, 15) is 10.1 Å². The summed E-state index contributed by atoms with van der Waals surface area (Å²) < 4.78 is 11.2. The molecule has 1 N–H and O–H groups in total. The molecule has 1 atom stereocenters. The molecule has 7 heteroatoms. The van der Waals surface area contributed by atoms with Gasteiger partial charge < -0.3 is 14.8 Å². The molecule has 0 spiro atoms. The number of fused-ring (bicyclic) bond motifs is 2. The lowest BCUT2D eigenvalue weighted by Gasteiger charge is -2.25. The molecular weight excluding hydrogens is 398 g/mol. The van der Waals surface area contributed by atoms with Crippen molar-refractivity contribution in [3.05, 3.63) is 39.8 Å². The zero-order chi connectivity index (χ0) is 21.1. The van der Waals surface area contributed by atoms with Crippen molar-refractivity contribution in [2.75, 3.05) is 25.6 Å². The van der Waals surface area contributed by atoms with Crippen molar-refractivity contribution in [3.8, 4) is 17.6 Å². The number of carbonyl (C=O) groups is 1. The van der Waals surface area contributed by atoms with E-state index in [0.717, 1.165) is 48.3 Å². The monoisotopic (exact) mass is 425 g/mol. The van der Waals surface area contributed by atoms with E-state index in [1.165, 1.54) is 11.3 Å². The topological polar surface area (TPSA) is 74.6 Å². The summed E-state index contributed by atoms with van der Waals surface area (Å²) in [4.78, 5) is 16.2. The van der Waals surface area contributed by atoms with E-state index in [0.29, 0.717) is 30.3 Å². The molecule has 1 aliphatic heterocycles. The molecule has 1 aliphatic carbocycles. The van der Waals surface area contributed by atoms with Crippen LogP contribution in [0.25, 0.3) is 0 Å². The molecule has 2 aromatic rings. The van der Waals surface area contributed by atoms with Crippen molar-refractivity contribution in [2.24, 2.45) is 0 Å². The van der Waals surface area contributed by atoms with E-state index < -0.39 is 0 Å². The van der Waals surface area contributed by atoms with Crippen LogP contribution in [-0.2, 0) is 24.2 Å². The van der Waals surface area contributed by atoms with Gasteiger partial charge in [0.15, 0.2) is 11.5 Å². The van der Waals surface area contributed by atoms with Gasteiger partial charge in [-0.05, 0) is 62.9 Å². The van der Waals surface area contributed by atoms with Gasteiger partial charge in [-0.1, -0.05) is 12.5 Å². The van der Waals surface area contributed by atoms with Crippen LogP contribution in [0.15, 0.2) is 18.2 Å². The first kappa shape index (κ1) is 20.7. The highest BCUT2D eigenvalue weighted by Crippen LogP contribution is 2.37. The molecule has 0 bridgehead atoms. The van der Waals surface area contributed by atoms with Crippen molar-refractivity contribution in [1.82, 2.24) is 4.90 Å². The second-order valence-electron chi connectivity index (χ2n) is 7.94. The molecule has 1 unspecified atom stereocenters. The standard InChI is InChI=1S/C23H27N3O3S/c1-15(26(2)14-16-8-9-19-20(12-16)29-11-10-28-19)22(27)25-23-18(13-24)17-6-4-3-5-7-21(17)30-23/h8-9,12,15H,3-7,10-11,14H2,1-2H3,(H,25,27). The minimum absolute atomic E-state index is 0.0945. The summed E-state index contributed by atoms with van der Waals surface area (Å²) in [5.74, 6) is 1.42.